The highest BCUT2D eigenvalue weighted by molar-refractivity contribution is 5.98. The summed E-state index contributed by atoms with van der Waals surface area (Å²) in [6.45, 7) is 0.0475. The maximum absolute atomic E-state index is 12.5. The molecule has 8 N–H and O–H groups in total. The van der Waals surface area contributed by atoms with Gasteiger partial charge in [-0.3, -0.25) is 20.4 Å². The van der Waals surface area contributed by atoms with Crippen LogP contribution >= 0.6 is 0 Å². The average Bonchev–Trinajstić information content (AvgIpc) is 2.70. The zero-order chi connectivity index (χ0) is 21.4. The van der Waals surface area contributed by atoms with Crippen LogP contribution in [-0.4, -0.2) is 41.3 Å². The number of nitrogens with one attached hydrogen (secondary N) is 3. The molecule has 0 fully saturated rings. The lowest BCUT2D eigenvalue weighted by Gasteiger charge is -2.19. The maximum atomic E-state index is 12.5. The first-order chi connectivity index (χ1) is 13.8. The van der Waals surface area contributed by atoms with Gasteiger partial charge in [-0.2, -0.15) is 0 Å². The lowest BCUT2D eigenvalue weighted by atomic mass is 10.1. The molecule has 9 nitrogen and oxygen atoms in total. The second kappa shape index (κ2) is 9.88. The van der Waals surface area contributed by atoms with Crippen molar-refractivity contribution in [1.82, 2.24) is 5.32 Å². The third-order valence-electron chi connectivity index (χ3n) is 4.10. The van der Waals surface area contributed by atoms with Crippen LogP contribution in [0, 0.1) is 10.8 Å². The minimum atomic E-state index is -0.978. The van der Waals surface area contributed by atoms with Crippen LogP contribution in [0.4, 0.5) is 0 Å². The normalized spacial score (nSPS) is 11.3. The minimum absolute atomic E-state index is 0.0475. The summed E-state index contributed by atoms with van der Waals surface area (Å²) in [5.41, 5.74) is 12.2. The molecule has 0 radical (unpaired) electrons. The van der Waals surface area contributed by atoms with E-state index in [0.29, 0.717) is 22.4 Å². The van der Waals surface area contributed by atoms with Crippen LogP contribution in [0.2, 0.25) is 0 Å². The van der Waals surface area contributed by atoms with Crippen LogP contribution in [0.15, 0.2) is 48.5 Å². The monoisotopic (exact) mass is 397 g/mol. The highest BCUT2D eigenvalue weighted by atomic mass is 16.5. The van der Waals surface area contributed by atoms with E-state index >= 15 is 0 Å². The fraction of sp³-hybridized carbons (Fsp3) is 0.200. The second-order valence-corrected chi connectivity index (χ2v) is 6.35. The number of hydrogen-bond donors (Lipinski definition) is 6. The van der Waals surface area contributed by atoms with Gasteiger partial charge in [0.05, 0.1) is 6.04 Å². The van der Waals surface area contributed by atoms with Crippen molar-refractivity contribution in [1.29, 1.82) is 10.8 Å². The molecule has 0 aliphatic carbocycles. The van der Waals surface area contributed by atoms with Crippen molar-refractivity contribution in [2.45, 2.75) is 18.9 Å². The maximum Gasteiger partial charge on any atom is 0.303 e. The van der Waals surface area contributed by atoms with Crippen LogP contribution in [0.3, 0.4) is 0 Å². The molecule has 0 bridgehead atoms. The first-order valence-corrected chi connectivity index (χ1v) is 8.80. The molecular formula is C20H23N5O4. The molecule has 0 spiro atoms. The number of carbonyl (C=O) groups excluding carboxylic acids is 1. The standard InChI is InChI=1S/C20H23N5O4/c21-18(22)12-4-6-13(7-5-12)20(28)25-15(8-9-17(26)27)11-29-16-3-1-2-14(10-16)19(23)24/h1-7,10,15H,8-9,11H2,(H3,21,22)(H3,23,24)(H,25,28)(H,26,27)/t15-/m0/s1. The van der Waals surface area contributed by atoms with Gasteiger partial charge in [0.15, 0.2) is 0 Å². The zero-order valence-electron chi connectivity index (χ0n) is 15.6. The van der Waals surface area contributed by atoms with Gasteiger partial charge in [0.1, 0.15) is 24.0 Å². The van der Waals surface area contributed by atoms with Gasteiger partial charge < -0.3 is 26.6 Å². The second-order valence-electron chi connectivity index (χ2n) is 6.35. The third-order valence-corrected chi connectivity index (χ3v) is 4.10. The fourth-order valence-corrected chi connectivity index (χ4v) is 2.51. The number of carboxylic acid groups (broad SMARTS) is 1. The average molecular weight is 397 g/mol. The van der Waals surface area contributed by atoms with Crippen molar-refractivity contribution >= 4 is 23.5 Å². The molecule has 1 amide bonds. The number of carboxylic acids is 1. The molecule has 0 unspecified atom stereocenters. The Bertz CT molecular complexity index is 911. The predicted molar refractivity (Wildman–Crippen MR) is 109 cm³/mol. The lowest BCUT2D eigenvalue weighted by Crippen LogP contribution is -2.39. The number of aliphatic carboxylic acids is 1. The Morgan fingerprint density at radius 1 is 1.00 bits per heavy atom. The van der Waals surface area contributed by atoms with Gasteiger partial charge in [0.2, 0.25) is 0 Å². The summed E-state index contributed by atoms with van der Waals surface area (Å²) in [5, 5.41) is 26.6. The number of amides is 1. The largest absolute Gasteiger partial charge is 0.491 e. The molecule has 2 rings (SSSR count). The smallest absolute Gasteiger partial charge is 0.303 e. The summed E-state index contributed by atoms with van der Waals surface area (Å²) in [5.74, 6) is -1.11. The van der Waals surface area contributed by atoms with Crippen LogP contribution in [-0.2, 0) is 4.79 Å². The van der Waals surface area contributed by atoms with E-state index in [4.69, 9.17) is 32.1 Å². The van der Waals surface area contributed by atoms with E-state index in [-0.39, 0.29) is 31.1 Å². The molecule has 0 saturated heterocycles. The van der Waals surface area contributed by atoms with Crippen LogP contribution in [0.25, 0.3) is 0 Å². The van der Waals surface area contributed by atoms with E-state index in [1.54, 1.807) is 36.4 Å². The summed E-state index contributed by atoms with van der Waals surface area (Å²) in [7, 11) is 0. The summed E-state index contributed by atoms with van der Waals surface area (Å²) in [4.78, 5) is 23.4. The van der Waals surface area contributed by atoms with Gasteiger partial charge in [-0.05, 0) is 30.7 Å². The lowest BCUT2D eigenvalue weighted by molar-refractivity contribution is -0.137. The molecule has 9 heteroatoms. The van der Waals surface area contributed by atoms with Gasteiger partial charge in [-0.15, -0.1) is 0 Å². The number of ether oxygens (including phenoxy) is 1. The van der Waals surface area contributed by atoms with Crippen molar-refractivity contribution in [2.24, 2.45) is 11.5 Å². The molecule has 0 heterocycles. The Morgan fingerprint density at radius 2 is 1.62 bits per heavy atom. The zero-order valence-corrected chi connectivity index (χ0v) is 15.6. The highest BCUT2D eigenvalue weighted by Gasteiger charge is 2.16. The van der Waals surface area contributed by atoms with E-state index in [9.17, 15) is 9.59 Å². The van der Waals surface area contributed by atoms with Crippen molar-refractivity contribution in [3.8, 4) is 5.75 Å². The number of benzene rings is 2. The Labute approximate surface area is 167 Å². The number of amidine groups is 2. The van der Waals surface area contributed by atoms with E-state index in [2.05, 4.69) is 5.32 Å². The van der Waals surface area contributed by atoms with Crippen molar-refractivity contribution in [3.05, 3.63) is 65.2 Å². The quantitative estimate of drug-likeness (QED) is 0.260. The van der Waals surface area contributed by atoms with Gasteiger partial charge in [-0.1, -0.05) is 24.3 Å². The molecule has 1 atom stereocenters. The number of nitrogens with two attached hydrogens (primary N) is 2. The minimum Gasteiger partial charge on any atom is -0.491 e. The summed E-state index contributed by atoms with van der Waals surface area (Å²) < 4.78 is 5.67. The van der Waals surface area contributed by atoms with Gasteiger partial charge >= 0.3 is 5.97 Å². The fourth-order valence-electron chi connectivity index (χ4n) is 2.51. The molecule has 2 aromatic rings. The Balaban J connectivity index is 2.05. The number of rotatable bonds is 10. The number of carbonyl (C=O) groups is 2. The van der Waals surface area contributed by atoms with Crippen LogP contribution < -0.4 is 21.5 Å². The number of nitrogen functional groups attached to an aromatic ring is 2. The Morgan fingerprint density at radius 3 is 2.21 bits per heavy atom. The van der Waals surface area contributed by atoms with Crippen LogP contribution in [0.1, 0.15) is 34.3 Å². The topological polar surface area (TPSA) is 175 Å². The molecule has 0 aromatic heterocycles. The van der Waals surface area contributed by atoms with E-state index in [1.807, 2.05) is 0 Å². The van der Waals surface area contributed by atoms with Crippen molar-refractivity contribution < 1.29 is 19.4 Å². The van der Waals surface area contributed by atoms with E-state index in [0.717, 1.165) is 0 Å². The van der Waals surface area contributed by atoms with Crippen molar-refractivity contribution in [2.75, 3.05) is 6.61 Å². The Kier molecular flexibility index (Phi) is 7.30. The van der Waals surface area contributed by atoms with Crippen molar-refractivity contribution in [3.63, 3.8) is 0 Å². The molecule has 152 valence electrons. The molecule has 2 aromatic carbocycles. The van der Waals surface area contributed by atoms with Gasteiger partial charge in [0.25, 0.3) is 5.91 Å². The predicted octanol–water partition coefficient (Wildman–Crippen LogP) is 1.30. The highest BCUT2D eigenvalue weighted by Crippen LogP contribution is 2.14. The molecular weight excluding hydrogens is 374 g/mol. The molecule has 29 heavy (non-hydrogen) atoms. The van der Waals surface area contributed by atoms with Gasteiger partial charge in [-0.25, -0.2) is 0 Å². The summed E-state index contributed by atoms with van der Waals surface area (Å²) >= 11 is 0. The SMILES string of the molecule is N=C(N)c1ccc(C(=O)N[C@@H](CCC(=O)O)COc2cccc(C(=N)N)c2)cc1. The molecule has 0 aliphatic heterocycles. The van der Waals surface area contributed by atoms with E-state index < -0.39 is 17.9 Å². The first kappa shape index (κ1) is 21.4. The number of hydrogen-bond acceptors (Lipinski definition) is 5. The summed E-state index contributed by atoms with van der Waals surface area (Å²) in [6.07, 6.45) is 0.0457. The molecule has 0 aliphatic rings. The van der Waals surface area contributed by atoms with Crippen LogP contribution in [0.5, 0.6) is 5.75 Å². The molecule has 0 saturated carbocycles. The van der Waals surface area contributed by atoms with Gasteiger partial charge in [0, 0.05) is 23.1 Å². The third kappa shape index (κ3) is 6.65. The van der Waals surface area contributed by atoms with E-state index in [1.165, 1.54) is 12.1 Å². The summed E-state index contributed by atoms with van der Waals surface area (Å²) in [6, 6.07) is 12.3. The Hall–Kier alpha value is -3.88. The first-order valence-electron chi connectivity index (χ1n) is 8.80.